The molecule has 1 fully saturated rings. The van der Waals surface area contributed by atoms with E-state index in [9.17, 15) is 9.59 Å². The second-order valence-corrected chi connectivity index (χ2v) is 9.15. The monoisotopic (exact) mass is 457 g/mol. The molecule has 0 saturated carbocycles. The fourth-order valence-electron chi connectivity index (χ4n) is 4.81. The highest BCUT2D eigenvalue weighted by atomic mass is 16.2. The summed E-state index contributed by atoms with van der Waals surface area (Å²) in [6.07, 6.45) is 3.26. The summed E-state index contributed by atoms with van der Waals surface area (Å²) in [5, 5.41) is 16.3. The number of benzene rings is 2. The molecule has 2 amide bonds. The van der Waals surface area contributed by atoms with Crippen LogP contribution in [0.25, 0.3) is 0 Å². The standard InChI is InChI=1S/C27H31N5O2/c1-5-6-26(33)29-23-13-18(2)7-12-22(23)24-14-25-27(34)31(16-19(3)32(25)30(24)4)17-21-10-8-20(15-28)9-11-21/h7-14,19,24H,5-6,16-17H2,1-4H3,(H,29,33). The van der Waals surface area contributed by atoms with E-state index in [1.807, 2.05) is 62.2 Å². The number of carbonyl (C=O) groups excluding carboxylic acids is 2. The van der Waals surface area contributed by atoms with Crippen LogP contribution in [0.2, 0.25) is 0 Å². The van der Waals surface area contributed by atoms with E-state index in [0.717, 1.165) is 28.8 Å². The minimum Gasteiger partial charge on any atom is -0.331 e. The van der Waals surface area contributed by atoms with Crippen LogP contribution in [-0.4, -0.2) is 46.4 Å². The number of fused-ring (bicyclic) bond motifs is 1. The zero-order valence-corrected chi connectivity index (χ0v) is 20.2. The average molecular weight is 458 g/mol. The lowest BCUT2D eigenvalue weighted by atomic mass is 10.0. The van der Waals surface area contributed by atoms with Crippen LogP contribution in [0.1, 0.15) is 55.0 Å². The number of hydrazine groups is 1. The number of aryl methyl sites for hydroxylation is 1. The van der Waals surface area contributed by atoms with E-state index in [1.54, 1.807) is 12.1 Å². The Labute approximate surface area is 201 Å². The number of amides is 2. The summed E-state index contributed by atoms with van der Waals surface area (Å²) in [4.78, 5) is 27.7. The predicted octanol–water partition coefficient (Wildman–Crippen LogP) is 4.12. The Kier molecular flexibility index (Phi) is 6.71. The molecule has 0 aliphatic carbocycles. The van der Waals surface area contributed by atoms with Gasteiger partial charge in [-0.25, -0.2) is 5.01 Å². The van der Waals surface area contributed by atoms with Crippen LogP contribution in [0, 0.1) is 18.3 Å². The maximum absolute atomic E-state index is 13.5. The quantitative estimate of drug-likeness (QED) is 0.706. The molecule has 0 spiro atoms. The molecule has 7 nitrogen and oxygen atoms in total. The van der Waals surface area contributed by atoms with Gasteiger partial charge < -0.3 is 10.2 Å². The lowest BCUT2D eigenvalue weighted by molar-refractivity contribution is -0.140. The van der Waals surface area contributed by atoms with Crippen molar-refractivity contribution in [2.24, 2.45) is 0 Å². The van der Waals surface area contributed by atoms with Crippen molar-refractivity contribution in [3.8, 4) is 6.07 Å². The molecule has 0 aromatic heterocycles. The Balaban J connectivity index is 1.61. The molecule has 2 aliphatic rings. The fourth-order valence-corrected chi connectivity index (χ4v) is 4.81. The first-order valence-corrected chi connectivity index (χ1v) is 11.7. The van der Waals surface area contributed by atoms with Gasteiger partial charge in [0.05, 0.1) is 23.7 Å². The fraction of sp³-hybridized carbons (Fsp3) is 0.370. The second kappa shape index (κ2) is 9.70. The van der Waals surface area contributed by atoms with Crippen LogP contribution < -0.4 is 5.32 Å². The van der Waals surface area contributed by atoms with Crippen LogP contribution >= 0.6 is 0 Å². The van der Waals surface area contributed by atoms with Crippen molar-refractivity contribution in [2.75, 3.05) is 18.9 Å². The Bertz CT molecular complexity index is 1160. The van der Waals surface area contributed by atoms with Crippen molar-refractivity contribution in [3.05, 3.63) is 76.5 Å². The number of nitrogens with zero attached hydrogens (tertiary/aromatic N) is 4. The van der Waals surface area contributed by atoms with Crippen LogP contribution in [0.4, 0.5) is 5.69 Å². The summed E-state index contributed by atoms with van der Waals surface area (Å²) < 4.78 is 0. The molecule has 2 unspecified atom stereocenters. The maximum atomic E-state index is 13.5. The second-order valence-electron chi connectivity index (χ2n) is 9.15. The summed E-state index contributed by atoms with van der Waals surface area (Å²) in [6, 6.07) is 15.5. The van der Waals surface area contributed by atoms with Gasteiger partial charge >= 0.3 is 0 Å². The summed E-state index contributed by atoms with van der Waals surface area (Å²) in [5.41, 5.74) is 5.10. The Morgan fingerprint density at radius 2 is 1.94 bits per heavy atom. The number of nitrogens with one attached hydrogen (secondary N) is 1. The van der Waals surface area contributed by atoms with Gasteiger partial charge in [0, 0.05) is 32.2 Å². The van der Waals surface area contributed by atoms with Crippen LogP contribution in [0.3, 0.4) is 0 Å². The lowest BCUT2D eigenvalue weighted by Crippen LogP contribution is -2.55. The lowest BCUT2D eigenvalue weighted by Gasteiger charge is -2.44. The van der Waals surface area contributed by atoms with Crippen molar-refractivity contribution in [3.63, 3.8) is 0 Å². The first-order valence-electron chi connectivity index (χ1n) is 11.7. The van der Waals surface area contributed by atoms with Gasteiger partial charge in [0.25, 0.3) is 5.91 Å². The number of likely N-dealkylation sites (N-methyl/N-ethyl adjacent to an activating group) is 1. The van der Waals surface area contributed by atoms with Gasteiger partial charge in [-0.15, -0.1) is 0 Å². The number of hydrogen-bond donors (Lipinski definition) is 1. The van der Waals surface area contributed by atoms with E-state index in [0.29, 0.717) is 30.8 Å². The summed E-state index contributed by atoms with van der Waals surface area (Å²) in [7, 11) is 1.99. The van der Waals surface area contributed by atoms with E-state index in [4.69, 9.17) is 5.26 Å². The first-order chi connectivity index (χ1) is 16.3. The van der Waals surface area contributed by atoms with Crippen molar-refractivity contribution in [2.45, 2.75) is 52.2 Å². The molecule has 2 aliphatic heterocycles. The molecule has 2 atom stereocenters. The van der Waals surface area contributed by atoms with Gasteiger partial charge in [-0.05, 0) is 61.2 Å². The van der Waals surface area contributed by atoms with E-state index >= 15 is 0 Å². The zero-order chi connectivity index (χ0) is 24.4. The minimum atomic E-state index is -0.159. The average Bonchev–Trinajstić information content (AvgIpc) is 3.16. The smallest absolute Gasteiger partial charge is 0.271 e. The molecule has 4 rings (SSSR count). The number of carbonyl (C=O) groups is 2. The molecule has 1 saturated heterocycles. The van der Waals surface area contributed by atoms with Gasteiger partial charge in [-0.2, -0.15) is 5.26 Å². The topological polar surface area (TPSA) is 79.7 Å². The normalized spacial score (nSPS) is 20.1. The first kappa shape index (κ1) is 23.5. The third-order valence-electron chi connectivity index (χ3n) is 6.45. The SMILES string of the molecule is CCCC(=O)Nc1cc(C)ccc1C1C=C2C(=O)N(Cc3ccc(C#N)cc3)CC(C)N2N1C. The number of hydrogen-bond acceptors (Lipinski definition) is 5. The molecule has 2 aromatic carbocycles. The van der Waals surface area contributed by atoms with E-state index < -0.39 is 0 Å². The van der Waals surface area contributed by atoms with E-state index in [-0.39, 0.29) is 23.9 Å². The molecule has 0 bridgehead atoms. The molecule has 0 radical (unpaired) electrons. The molecule has 7 heteroatoms. The molecular formula is C27H31N5O2. The molecule has 1 N–H and O–H groups in total. The third-order valence-corrected chi connectivity index (χ3v) is 6.45. The van der Waals surface area contributed by atoms with Crippen molar-refractivity contribution >= 4 is 17.5 Å². The maximum Gasteiger partial charge on any atom is 0.271 e. The molecule has 2 aromatic rings. The largest absolute Gasteiger partial charge is 0.331 e. The van der Waals surface area contributed by atoms with Gasteiger partial charge in [0.15, 0.2) is 0 Å². The minimum absolute atomic E-state index is 0.00147. The van der Waals surface area contributed by atoms with E-state index in [2.05, 4.69) is 28.3 Å². The molecule has 34 heavy (non-hydrogen) atoms. The highest BCUT2D eigenvalue weighted by Crippen LogP contribution is 2.40. The highest BCUT2D eigenvalue weighted by molar-refractivity contribution is 5.95. The van der Waals surface area contributed by atoms with Crippen molar-refractivity contribution < 1.29 is 9.59 Å². The number of nitriles is 1. The Hall–Kier alpha value is -3.63. The highest BCUT2D eigenvalue weighted by Gasteiger charge is 2.43. The Morgan fingerprint density at radius 3 is 2.62 bits per heavy atom. The summed E-state index contributed by atoms with van der Waals surface area (Å²) >= 11 is 0. The number of piperazine rings is 1. The van der Waals surface area contributed by atoms with Crippen LogP contribution in [-0.2, 0) is 16.1 Å². The van der Waals surface area contributed by atoms with Crippen LogP contribution in [0.15, 0.2) is 54.2 Å². The van der Waals surface area contributed by atoms with Gasteiger partial charge in [0.2, 0.25) is 5.91 Å². The van der Waals surface area contributed by atoms with Crippen molar-refractivity contribution in [1.29, 1.82) is 5.26 Å². The zero-order valence-electron chi connectivity index (χ0n) is 20.2. The summed E-state index contributed by atoms with van der Waals surface area (Å²) in [6.45, 7) is 7.20. The number of anilines is 1. The van der Waals surface area contributed by atoms with Crippen LogP contribution in [0.5, 0.6) is 0 Å². The predicted molar refractivity (Wildman–Crippen MR) is 131 cm³/mol. The van der Waals surface area contributed by atoms with Gasteiger partial charge in [-0.3, -0.25) is 14.6 Å². The molecule has 2 heterocycles. The molecule has 176 valence electrons. The number of rotatable bonds is 6. The van der Waals surface area contributed by atoms with Crippen molar-refractivity contribution in [1.82, 2.24) is 14.9 Å². The van der Waals surface area contributed by atoms with Gasteiger partial charge in [-0.1, -0.05) is 31.2 Å². The van der Waals surface area contributed by atoms with E-state index in [1.165, 1.54) is 0 Å². The Morgan fingerprint density at radius 1 is 1.21 bits per heavy atom. The molecular weight excluding hydrogens is 426 g/mol. The third kappa shape index (κ3) is 4.55. The van der Waals surface area contributed by atoms with Gasteiger partial charge in [0.1, 0.15) is 5.70 Å². The summed E-state index contributed by atoms with van der Waals surface area (Å²) in [5.74, 6) is -0.0149.